The number of hydrogen-bond donors (Lipinski definition) is 3. The van der Waals surface area contributed by atoms with Gasteiger partial charge in [0.1, 0.15) is 0 Å². The fourth-order valence-electron chi connectivity index (χ4n) is 1.89. The molecular formula is C12H12N4O5. The van der Waals surface area contributed by atoms with Crippen LogP contribution < -0.4 is 5.32 Å². The molecule has 21 heavy (non-hydrogen) atoms. The van der Waals surface area contributed by atoms with E-state index in [1.807, 2.05) is 0 Å². The number of benzene rings is 1. The van der Waals surface area contributed by atoms with Crippen molar-refractivity contribution >= 4 is 28.5 Å². The Labute approximate surface area is 118 Å². The number of amides is 1. The summed E-state index contributed by atoms with van der Waals surface area (Å²) in [5.74, 6) is -1.62. The number of carboxylic acids is 1. The van der Waals surface area contributed by atoms with Gasteiger partial charge in [-0.05, 0) is 13.0 Å². The number of hydrogen-bond acceptors (Lipinski definition) is 5. The summed E-state index contributed by atoms with van der Waals surface area (Å²) in [4.78, 5) is 32.8. The summed E-state index contributed by atoms with van der Waals surface area (Å²) in [6.45, 7) is 1.54. The highest BCUT2D eigenvalue weighted by atomic mass is 16.6. The molecule has 1 heterocycles. The van der Waals surface area contributed by atoms with Gasteiger partial charge < -0.3 is 10.4 Å². The Morgan fingerprint density at radius 2 is 2.24 bits per heavy atom. The molecular weight excluding hydrogens is 280 g/mol. The van der Waals surface area contributed by atoms with Crippen molar-refractivity contribution < 1.29 is 19.6 Å². The van der Waals surface area contributed by atoms with Gasteiger partial charge >= 0.3 is 5.97 Å². The molecule has 1 amide bonds. The molecule has 0 aliphatic heterocycles. The Kier molecular flexibility index (Phi) is 3.83. The van der Waals surface area contributed by atoms with Crippen molar-refractivity contribution in [3.63, 3.8) is 0 Å². The first-order valence-corrected chi connectivity index (χ1v) is 6.03. The van der Waals surface area contributed by atoms with Gasteiger partial charge in [-0.1, -0.05) is 0 Å². The average Bonchev–Trinajstić information content (AvgIpc) is 2.79. The molecule has 0 saturated heterocycles. The molecule has 0 saturated carbocycles. The van der Waals surface area contributed by atoms with Crippen LogP contribution in [-0.4, -0.2) is 38.1 Å². The number of nitrogens with zero attached hydrogens (tertiary/aromatic N) is 2. The first-order chi connectivity index (χ1) is 9.88. The number of nitro benzene ring substituents is 1. The second-order valence-electron chi connectivity index (χ2n) is 4.53. The number of carbonyl (C=O) groups is 2. The lowest BCUT2D eigenvalue weighted by Crippen LogP contribution is -2.34. The maximum absolute atomic E-state index is 12.0. The molecule has 110 valence electrons. The van der Waals surface area contributed by atoms with Crippen LogP contribution in [0.3, 0.4) is 0 Å². The molecule has 2 rings (SSSR count). The monoisotopic (exact) mass is 292 g/mol. The van der Waals surface area contributed by atoms with E-state index in [4.69, 9.17) is 5.11 Å². The zero-order chi connectivity index (χ0) is 15.6. The second-order valence-corrected chi connectivity index (χ2v) is 4.53. The third kappa shape index (κ3) is 3.14. The molecule has 0 radical (unpaired) electrons. The first kappa shape index (κ1) is 14.4. The van der Waals surface area contributed by atoms with Crippen molar-refractivity contribution in [2.75, 3.05) is 0 Å². The van der Waals surface area contributed by atoms with Crippen molar-refractivity contribution in [3.05, 3.63) is 34.0 Å². The fourth-order valence-corrected chi connectivity index (χ4v) is 1.89. The summed E-state index contributed by atoms with van der Waals surface area (Å²) in [6.07, 6.45) is -0.228. The van der Waals surface area contributed by atoms with Gasteiger partial charge in [0.05, 0.1) is 16.9 Å². The molecule has 1 atom stereocenters. The maximum atomic E-state index is 12.0. The summed E-state index contributed by atoms with van der Waals surface area (Å²) >= 11 is 0. The number of aliphatic carboxylic acids is 1. The minimum absolute atomic E-state index is 0.00839. The molecule has 0 aliphatic rings. The van der Waals surface area contributed by atoms with Crippen LogP contribution in [0.15, 0.2) is 18.2 Å². The number of aromatic nitrogens is 2. The van der Waals surface area contributed by atoms with Crippen LogP contribution in [0, 0.1) is 10.1 Å². The number of rotatable bonds is 5. The van der Waals surface area contributed by atoms with Crippen molar-refractivity contribution in [1.29, 1.82) is 0 Å². The normalized spacial score (nSPS) is 12.0. The molecule has 9 heteroatoms. The van der Waals surface area contributed by atoms with Gasteiger partial charge in [0.15, 0.2) is 5.69 Å². The quantitative estimate of drug-likeness (QED) is 0.556. The zero-order valence-electron chi connectivity index (χ0n) is 11.0. The van der Waals surface area contributed by atoms with Crippen LogP contribution in [0.4, 0.5) is 5.69 Å². The minimum atomic E-state index is -1.04. The third-order valence-electron chi connectivity index (χ3n) is 2.83. The Morgan fingerprint density at radius 1 is 1.52 bits per heavy atom. The minimum Gasteiger partial charge on any atom is -0.481 e. The van der Waals surface area contributed by atoms with Gasteiger partial charge in [0.25, 0.3) is 11.6 Å². The topological polar surface area (TPSA) is 138 Å². The zero-order valence-corrected chi connectivity index (χ0v) is 11.0. The van der Waals surface area contributed by atoms with E-state index in [9.17, 15) is 19.7 Å². The smallest absolute Gasteiger partial charge is 0.305 e. The molecule has 0 aliphatic carbocycles. The van der Waals surface area contributed by atoms with Gasteiger partial charge in [-0.25, -0.2) is 0 Å². The van der Waals surface area contributed by atoms with E-state index in [1.54, 1.807) is 6.92 Å². The molecule has 0 spiro atoms. The fraction of sp³-hybridized carbons (Fsp3) is 0.250. The van der Waals surface area contributed by atoms with E-state index < -0.39 is 22.8 Å². The summed E-state index contributed by atoms with van der Waals surface area (Å²) in [7, 11) is 0. The number of carbonyl (C=O) groups excluding carboxylic acids is 1. The van der Waals surface area contributed by atoms with Gasteiger partial charge in [-0.15, -0.1) is 0 Å². The summed E-state index contributed by atoms with van der Waals surface area (Å²) in [5.41, 5.74) is 0.319. The lowest BCUT2D eigenvalue weighted by atomic mass is 10.1. The van der Waals surface area contributed by atoms with E-state index in [2.05, 4.69) is 15.5 Å². The van der Waals surface area contributed by atoms with Gasteiger partial charge in [0.2, 0.25) is 0 Å². The molecule has 9 nitrogen and oxygen atoms in total. The van der Waals surface area contributed by atoms with Crippen LogP contribution >= 0.6 is 0 Å². The lowest BCUT2D eigenvalue weighted by Gasteiger charge is -2.10. The maximum Gasteiger partial charge on any atom is 0.305 e. The standard InChI is InChI=1S/C12H12N4O5/c1-6(4-10(17)18)13-12(19)11-8-5-7(16(20)21)2-3-9(8)14-15-11/h2-3,5-6H,4H2,1H3,(H,13,19)(H,14,15)(H,17,18). The molecule has 1 aromatic heterocycles. The summed E-state index contributed by atoms with van der Waals surface area (Å²) in [5, 5.41) is 28.6. The van der Waals surface area contributed by atoms with Crippen LogP contribution in [0.25, 0.3) is 10.9 Å². The van der Waals surface area contributed by atoms with Gasteiger partial charge in [-0.3, -0.25) is 24.8 Å². The van der Waals surface area contributed by atoms with Gasteiger partial charge in [0, 0.05) is 23.6 Å². The Bertz CT molecular complexity index is 724. The number of non-ortho nitro benzene ring substituents is 1. The summed E-state index contributed by atoms with van der Waals surface area (Å²) in [6, 6.07) is 3.42. The molecule has 2 aromatic rings. The van der Waals surface area contributed by atoms with Crippen LogP contribution in [0.1, 0.15) is 23.8 Å². The number of aromatic amines is 1. The Morgan fingerprint density at radius 3 is 2.86 bits per heavy atom. The Balaban J connectivity index is 2.28. The third-order valence-corrected chi connectivity index (χ3v) is 2.83. The lowest BCUT2D eigenvalue weighted by molar-refractivity contribution is -0.384. The molecule has 0 bridgehead atoms. The largest absolute Gasteiger partial charge is 0.481 e. The van der Waals surface area contributed by atoms with Crippen molar-refractivity contribution in [1.82, 2.24) is 15.5 Å². The number of fused-ring (bicyclic) bond motifs is 1. The van der Waals surface area contributed by atoms with Crippen LogP contribution in [0.2, 0.25) is 0 Å². The SMILES string of the molecule is CC(CC(=O)O)NC(=O)c1n[nH]c2ccc([N+](=O)[O-])cc12. The van der Waals surface area contributed by atoms with E-state index in [0.29, 0.717) is 10.9 Å². The predicted molar refractivity (Wildman–Crippen MR) is 71.9 cm³/mol. The molecule has 1 aromatic carbocycles. The van der Waals surface area contributed by atoms with Crippen molar-refractivity contribution in [2.24, 2.45) is 0 Å². The first-order valence-electron chi connectivity index (χ1n) is 6.03. The van der Waals surface area contributed by atoms with Crippen molar-refractivity contribution in [2.45, 2.75) is 19.4 Å². The number of nitro groups is 1. The Hall–Kier alpha value is -2.97. The molecule has 1 unspecified atom stereocenters. The van der Waals surface area contributed by atoms with Gasteiger partial charge in [-0.2, -0.15) is 5.10 Å². The van der Waals surface area contributed by atoms with Crippen LogP contribution in [0.5, 0.6) is 0 Å². The molecule has 0 fully saturated rings. The average molecular weight is 292 g/mol. The number of H-pyrrole nitrogens is 1. The number of nitrogens with one attached hydrogen (secondary N) is 2. The predicted octanol–water partition coefficient (Wildman–Crippen LogP) is 1.06. The second kappa shape index (κ2) is 5.57. The van der Waals surface area contributed by atoms with Crippen molar-refractivity contribution in [3.8, 4) is 0 Å². The van der Waals surface area contributed by atoms with E-state index >= 15 is 0 Å². The highest BCUT2D eigenvalue weighted by Crippen LogP contribution is 2.22. The molecule has 3 N–H and O–H groups in total. The highest BCUT2D eigenvalue weighted by Gasteiger charge is 2.19. The van der Waals surface area contributed by atoms with Crippen LogP contribution in [-0.2, 0) is 4.79 Å². The summed E-state index contributed by atoms with van der Waals surface area (Å²) < 4.78 is 0. The van der Waals surface area contributed by atoms with E-state index in [-0.39, 0.29) is 17.8 Å². The number of carboxylic acid groups (broad SMARTS) is 1. The van der Waals surface area contributed by atoms with E-state index in [1.165, 1.54) is 18.2 Å². The van der Waals surface area contributed by atoms with E-state index in [0.717, 1.165) is 0 Å². The highest BCUT2D eigenvalue weighted by molar-refractivity contribution is 6.05.